The number of aromatic nitrogens is 1. The van der Waals surface area contributed by atoms with Crippen LogP contribution in [-0.2, 0) is 4.74 Å². The quantitative estimate of drug-likeness (QED) is 0.874. The number of anilines is 1. The zero-order valence-electron chi connectivity index (χ0n) is 11.2. The Labute approximate surface area is 108 Å². The first-order valence-electron chi connectivity index (χ1n) is 6.25. The summed E-state index contributed by atoms with van der Waals surface area (Å²) in [5.41, 5.74) is 0.928. The van der Waals surface area contributed by atoms with Crippen molar-refractivity contribution in [3.05, 3.63) is 36.4 Å². The van der Waals surface area contributed by atoms with Crippen molar-refractivity contribution in [2.75, 3.05) is 19.0 Å². The predicted molar refractivity (Wildman–Crippen MR) is 75.9 cm³/mol. The average molecular weight is 244 g/mol. The van der Waals surface area contributed by atoms with Crippen molar-refractivity contribution in [2.24, 2.45) is 0 Å². The van der Waals surface area contributed by atoms with Crippen molar-refractivity contribution in [1.29, 1.82) is 0 Å². The van der Waals surface area contributed by atoms with Crippen LogP contribution in [0.1, 0.15) is 20.3 Å². The summed E-state index contributed by atoms with van der Waals surface area (Å²) in [6.45, 7) is 5.02. The SMILES string of the molecule is COC(C)(C)CCNc1ccc2ccccc2n1. The minimum Gasteiger partial charge on any atom is -0.379 e. The van der Waals surface area contributed by atoms with Crippen LogP contribution in [0.5, 0.6) is 0 Å². The Morgan fingerprint density at radius 3 is 2.72 bits per heavy atom. The maximum absolute atomic E-state index is 5.39. The Morgan fingerprint density at radius 1 is 1.17 bits per heavy atom. The third-order valence-corrected chi connectivity index (χ3v) is 3.18. The summed E-state index contributed by atoms with van der Waals surface area (Å²) in [5.74, 6) is 0.917. The number of methoxy groups -OCH3 is 1. The number of hydrogen-bond acceptors (Lipinski definition) is 3. The van der Waals surface area contributed by atoms with E-state index >= 15 is 0 Å². The molecule has 1 heterocycles. The van der Waals surface area contributed by atoms with Gasteiger partial charge in [0.2, 0.25) is 0 Å². The number of ether oxygens (including phenoxy) is 1. The molecule has 3 nitrogen and oxygen atoms in total. The maximum Gasteiger partial charge on any atom is 0.126 e. The molecule has 0 spiro atoms. The topological polar surface area (TPSA) is 34.1 Å². The molecule has 2 aromatic rings. The highest BCUT2D eigenvalue weighted by molar-refractivity contribution is 5.79. The fourth-order valence-electron chi connectivity index (χ4n) is 1.76. The lowest BCUT2D eigenvalue weighted by Crippen LogP contribution is -2.25. The van der Waals surface area contributed by atoms with Gasteiger partial charge in [-0.1, -0.05) is 18.2 Å². The third-order valence-electron chi connectivity index (χ3n) is 3.18. The Kier molecular flexibility index (Phi) is 3.82. The van der Waals surface area contributed by atoms with E-state index in [0.29, 0.717) is 0 Å². The zero-order chi connectivity index (χ0) is 13.0. The largest absolute Gasteiger partial charge is 0.379 e. The third kappa shape index (κ3) is 3.20. The van der Waals surface area contributed by atoms with E-state index in [9.17, 15) is 0 Å². The molecule has 1 N–H and O–H groups in total. The molecule has 0 radical (unpaired) electrons. The lowest BCUT2D eigenvalue weighted by Gasteiger charge is -2.22. The molecule has 18 heavy (non-hydrogen) atoms. The van der Waals surface area contributed by atoms with E-state index in [2.05, 4.69) is 36.3 Å². The van der Waals surface area contributed by atoms with Crippen LogP contribution in [-0.4, -0.2) is 24.2 Å². The molecule has 0 amide bonds. The van der Waals surface area contributed by atoms with E-state index in [-0.39, 0.29) is 5.60 Å². The Hall–Kier alpha value is -1.61. The van der Waals surface area contributed by atoms with Crippen LogP contribution in [0.15, 0.2) is 36.4 Å². The fourth-order valence-corrected chi connectivity index (χ4v) is 1.76. The van der Waals surface area contributed by atoms with Gasteiger partial charge >= 0.3 is 0 Å². The van der Waals surface area contributed by atoms with E-state index in [0.717, 1.165) is 24.3 Å². The molecule has 96 valence electrons. The zero-order valence-corrected chi connectivity index (χ0v) is 11.2. The van der Waals surface area contributed by atoms with Gasteiger partial charge in [-0.25, -0.2) is 4.98 Å². The Bertz CT molecular complexity index is 523. The molecule has 1 aromatic carbocycles. The number of hydrogen-bond donors (Lipinski definition) is 1. The smallest absolute Gasteiger partial charge is 0.126 e. The van der Waals surface area contributed by atoms with Gasteiger partial charge < -0.3 is 10.1 Å². The van der Waals surface area contributed by atoms with Gasteiger partial charge in [-0.05, 0) is 38.5 Å². The standard InChI is InChI=1S/C15H20N2O/c1-15(2,18-3)10-11-16-14-9-8-12-6-4-5-7-13(12)17-14/h4-9H,10-11H2,1-3H3,(H,16,17). The second-order valence-electron chi connectivity index (χ2n) is 5.03. The minimum atomic E-state index is -0.0934. The van der Waals surface area contributed by atoms with Crippen LogP contribution < -0.4 is 5.32 Å². The summed E-state index contributed by atoms with van der Waals surface area (Å²) in [6.07, 6.45) is 0.942. The molecular formula is C15H20N2O. The highest BCUT2D eigenvalue weighted by Crippen LogP contribution is 2.16. The highest BCUT2D eigenvalue weighted by atomic mass is 16.5. The van der Waals surface area contributed by atoms with Crippen LogP contribution in [0.25, 0.3) is 10.9 Å². The summed E-state index contributed by atoms with van der Waals surface area (Å²) in [5, 5.41) is 4.50. The second kappa shape index (κ2) is 5.36. The molecular weight excluding hydrogens is 224 g/mol. The first kappa shape index (κ1) is 12.8. The lowest BCUT2D eigenvalue weighted by atomic mass is 10.1. The maximum atomic E-state index is 5.39. The summed E-state index contributed by atoms with van der Waals surface area (Å²) >= 11 is 0. The summed E-state index contributed by atoms with van der Waals surface area (Å²) < 4.78 is 5.39. The van der Waals surface area contributed by atoms with Gasteiger partial charge in [0.15, 0.2) is 0 Å². The molecule has 3 heteroatoms. The van der Waals surface area contributed by atoms with Crippen LogP contribution in [0.3, 0.4) is 0 Å². The van der Waals surface area contributed by atoms with Crippen LogP contribution in [0.4, 0.5) is 5.82 Å². The normalized spacial score (nSPS) is 11.7. The molecule has 0 aliphatic heterocycles. The molecule has 0 saturated carbocycles. The van der Waals surface area contributed by atoms with E-state index in [4.69, 9.17) is 4.74 Å². The minimum absolute atomic E-state index is 0.0934. The van der Waals surface area contributed by atoms with Crippen LogP contribution in [0.2, 0.25) is 0 Å². The van der Waals surface area contributed by atoms with Gasteiger partial charge in [-0.2, -0.15) is 0 Å². The molecule has 2 rings (SSSR count). The van der Waals surface area contributed by atoms with Crippen molar-refractivity contribution >= 4 is 16.7 Å². The second-order valence-corrected chi connectivity index (χ2v) is 5.03. The van der Waals surface area contributed by atoms with Crippen molar-refractivity contribution < 1.29 is 4.74 Å². The molecule has 1 aromatic heterocycles. The van der Waals surface area contributed by atoms with Gasteiger partial charge in [-0.3, -0.25) is 0 Å². The van der Waals surface area contributed by atoms with Crippen LogP contribution in [0, 0.1) is 0 Å². The number of para-hydroxylation sites is 1. The van der Waals surface area contributed by atoms with E-state index in [1.54, 1.807) is 7.11 Å². The Balaban J connectivity index is 2.00. The van der Waals surface area contributed by atoms with Crippen molar-refractivity contribution in [2.45, 2.75) is 25.9 Å². The molecule has 0 saturated heterocycles. The first-order valence-corrected chi connectivity index (χ1v) is 6.25. The van der Waals surface area contributed by atoms with Crippen molar-refractivity contribution in [3.63, 3.8) is 0 Å². The molecule has 0 fully saturated rings. The average Bonchev–Trinajstić information content (AvgIpc) is 2.38. The Morgan fingerprint density at radius 2 is 1.94 bits per heavy atom. The molecule has 0 aliphatic rings. The van der Waals surface area contributed by atoms with E-state index < -0.39 is 0 Å². The molecule has 0 atom stereocenters. The van der Waals surface area contributed by atoms with Gasteiger partial charge in [0.05, 0.1) is 11.1 Å². The van der Waals surface area contributed by atoms with Gasteiger partial charge in [-0.15, -0.1) is 0 Å². The number of pyridine rings is 1. The lowest BCUT2D eigenvalue weighted by molar-refractivity contribution is 0.0185. The number of rotatable bonds is 5. The number of benzene rings is 1. The summed E-state index contributed by atoms with van der Waals surface area (Å²) in [7, 11) is 1.74. The van der Waals surface area contributed by atoms with Gasteiger partial charge in [0.25, 0.3) is 0 Å². The van der Waals surface area contributed by atoms with Gasteiger partial charge in [0, 0.05) is 19.0 Å². The van der Waals surface area contributed by atoms with Crippen LogP contribution >= 0.6 is 0 Å². The monoisotopic (exact) mass is 244 g/mol. The molecule has 0 bridgehead atoms. The summed E-state index contributed by atoms with van der Waals surface area (Å²) in [4.78, 5) is 4.57. The van der Waals surface area contributed by atoms with Crippen molar-refractivity contribution in [3.8, 4) is 0 Å². The van der Waals surface area contributed by atoms with E-state index in [1.165, 1.54) is 5.39 Å². The van der Waals surface area contributed by atoms with Gasteiger partial charge in [0.1, 0.15) is 5.82 Å². The first-order chi connectivity index (χ1) is 8.61. The highest BCUT2D eigenvalue weighted by Gasteiger charge is 2.15. The number of nitrogens with zero attached hydrogens (tertiary/aromatic N) is 1. The number of fused-ring (bicyclic) bond motifs is 1. The van der Waals surface area contributed by atoms with Crippen molar-refractivity contribution in [1.82, 2.24) is 4.98 Å². The number of nitrogens with one attached hydrogen (secondary N) is 1. The summed E-state index contributed by atoms with van der Waals surface area (Å²) in [6, 6.07) is 12.2. The molecule has 0 aliphatic carbocycles. The van der Waals surface area contributed by atoms with E-state index in [1.807, 2.05) is 24.3 Å². The fraction of sp³-hybridized carbons (Fsp3) is 0.400. The molecule has 0 unspecified atom stereocenters. The predicted octanol–water partition coefficient (Wildman–Crippen LogP) is 3.46.